The molecule has 0 aliphatic rings. The van der Waals surface area contributed by atoms with Crippen LogP contribution in [-0.4, -0.2) is 40.7 Å². The molecular formula is C19H23Cl2IN6. The van der Waals surface area contributed by atoms with Crippen LogP contribution in [0, 0.1) is 0 Å². The van der Waals surface area contributed by atoms with Crippen molar-refractivity contribution in [3.8, 4) is 0 Å². The number of benzene rings is 1. The molecule has 3 aromatic rings. The second kappa shape index (κ2) is 11.4. The first-order chi connectivity index (χ1) is 13.2. The monoisotopic (exact) mass is 532 g/mol. The van der Waals surface area contributed by atoms with E-state index in [0.717, 1.165) is 55.3 Å². The lowest BCUT2D eigenvalue weighted by Crippen LogP contribution is -2.39. The molecule has 0 spiro atoms. The average Bonchev–Trinajstić information content (AvgIpc) is 3.08. The number of pyridine rings is 1. The van der Waals surface area contributed by atoms with Gasteiger partial charge in [-0.15, -0.1) is 34.2 Å². The van der Waals surface area contributed by atoms with Crippen LogP contribution in [0.2, 0.25) is 10.0 Å². The highest BCUT2D eigenvalue weighted by Crippen LogP contribution is 2.21. The number of guanidine groups is 1. The van der Waals surface area contributed by atoms with Crippen LogP contribution in [0.15, 0.2) is 47.6 Å². The molecule has 9 heteroatoms. The van der Waals surface area contributed by atoms with Crippen LogP contribution in [0.3, 0.4) is 0 Å². The zero-order chi connectivity index (χ0) is 19.1. The summed E-state index contributed by atoms with van der Waals surface area (Å²) in [4.78, 5) is 4.25. The summed E-state index contributed by atoms with van der Waals surface area (Å²) in [5, 5.41) is 16.4. The maximum atomic E-state index is 6.20. The molecule has 0 atom stereocenters. The Morgan fingerprint density at radius 1 is 1.07 bits per heavy atom. The number of rotatable bonds is 7. The number of aromatic nitrogens is 3. The van der Waals surface area contributed by atoms with Crippen molar-refractivity contribution >= 4 is 58.8 Å². The molecule has 6 nitrogen and oxygen atoms in total. The van der Waals surface area contributed by atoms with Gasteiger partial charge < -0.3 is 10.6 Å². The fourth-order valence-electron chi connectivity index (χ4n) is 2.78. The lowest BCUT2D eigenvalue weighted by atomic mass is 10.1. The topological polar surface area (TPSA) is 66.6 Å². The van der Waals surface area contributed by atoms with Crippen molar-refractivity contribution in [1.82, 2.24) is 25.2 Å². The number of aryl methyl sites for hydroxylation is 1. The van der Waals surface area contributed by atoms with Gasteiger partial charge >= 0.3 is 0 Å². The smallest absolute Gasteiger partial charge is 0.190 e. The van der Waals surface area contributed by atoms with Gasteiger partial charge in [0, 0.05) is 42.8 Å². The number of hydrogen-bond acceptors (Lipinski definition) is 3. The predicted molar refractivity (Wildman–Crippen MR) is 126 cm³/mol. The average molecular weight is 533 g/mol. The van der Waals surface area contributed by atoms with E-state index < -0.39 is 0 Å². The van der Waals surface area contributed by atoms with Crippen molar-refractivity contribution in [3.05, 3.63) is 64.0 Å². The van der Waals surface area contributed by atoms with Crippen LogP contribution < -0.4 is 10.6 Å². The van der Waals surface area contributed by atoms with Gasteiger partial charge in [-0.05, 0) is 42.7 Å². The molecule has 0 radical (unpaired) electrons. The van der Waals surface area contributed by atoms with Gasteiger partial charge in [0.1, 0.15) is 5.82 Å². The summed E-state index contributed by atoms with van der Waals surface area (Å²) in [6.45, 7) is 1.52. The Kier molecular flexibility index (Phi) is 9.27. The van der Waals surface area contributed by atoms with Gasteiger partial charge in [-0.1, -0.05) is 35.3 Å². The van der Waals surface area contributed by atoms with Crippen molar-refractivity contribution < 1.29 is 0 Å². The molecule has 0 unspecified atom stereocenters. The zero-order valence-corrected chi connectivity index (χ0v) is 19.4. The fraction of sp³-hybridized carbons (Fsp3) is 0.316. The fourth-order valence-corrected chi connectivity index (χ4v) is 3.29. The van der Waals surface area contributed by atoms with E-state index in [0.29, 0.717) is 10.0 Å². The summed E-state index contributed by atoms with van der Waals surface area (Å²) < 4.78 is 1.99. The summed E-state index contributed by atoms with van der Waals surface area (Å²) in [6, 6.07) is 11.5. The molecule has 2 N–H and O–H groups in total. The highest BCUT2D eigenvalue weighted by atomic mass is 127. The molecule has 0 bridgehead atoms. The highest BCUT2D eigenvalue weighted by molar-refractivity contribution is 14.0. The molecule has 28 heavy (non-hydrogen) atoms. The molecular weight excluding hydrogens is 510 g/mol. The summed E-state index contributed by atoms with van der Waals surface area (Å²) in [5.74, 6) is 1.69. The third kappa shape index (κ3) is 6.22. The number of nitrogens with one attached hydrogen (secondary N) is 2. The molecule has 0 amide bonds. The zero-order valence-electron chi connectivity index (χ0n) is 15.5. The Morgan fingerprint density at radius 2 is 1.89 bits per heavy atom. The quantitative estimate of drug-likeness (QED) is 0.209. The normalized spacial score (nSPS) is 11.3. The van der Waals surface area contributed by atoms with Crippen molar-refractivity contribution in [2.75, 3.05) is 20.1 Å². The second-order valence-corrected chi connectivity index (χ2v) is 6.90. The van der Waals surface area contributed by atoms with Gasteiger partial charge in [-0.2, -0.15) is 0 Å². The Bertz CT molecular complexity index is 928. The molecule has 2 heterocycles. The molecule has 0 fully saturated rings. The Morgan fingerprint density at radius 3 is 2.68 bits per heavy atom. The lowest BCUT2D eigenvalue weighted by Gasteiger charge is -2.12. The minimum atomic E-state index is 0. The molecule has 0 aliphatic carbocycles. The second-order valence-electron chi connectivity index (χ2n) is 6.06. The number of fused-ring (bicyclic) bond motifs is 1. The Balaban J connectivity index is 0.00000280. The van der Waals surface area contributed by atoms with Crippen molar-refractivity contribution in [1.29, 1.82) is 0 Å². The highest BCUT2D eigenvalue weighted by Gasteiger charge is 2.05. The van der Waals surface area contributed by atoms with E-state index >= 15 is 0 Å². The molecule has 0 aliphatic heterocycles. The first-order valence-electron chi connectivity index (χ1n) is 8.84. The third-order valence-electron chi connectivity index (χ3n) is 4.18. The van der Waals surface area contributed by atoms with Crippen LogP contribution in [0.4, 0.5) is 0 Å². The van der Waals surface area contributed by atoms with Crippen molar-refractivity contribution in [2.45, 2.75) is 19.3 Å². The molecule has 3 rings (SSSR count). The van der Waals surface area contributed by atoms with E-state index in [2.05, 4.69) is 25.8 Å². The van der Waals surface area contributed by atoms with E-state index in [4.69, 9.17) is 23.2 Å². The van der Waals surface area contributed by atoms with Crippen LogP contribution in [0.5, 0.6) is 0 Å². The van der Waals surface area contributed by atoms with Crippen LogP contribution >= 0.6 is 47.2 Å². The van der Waals surface area contributed by atoms with Gasteiger partial charge in [-0.3, -0.25) is 9.39 Å². The van der Waals surface area contributed by atoms with E-state index in [1.165, 1.54) is 0 Å². The van der Waals surface area contributed by atoms with E-state index in [1.54, 1.807) is 13.1 Å². The number of halogens is 3. The van der Waals surface area contributed by atoms with E-state index in [1.807, 2.05) is 40.9 Å². The van der Waals surface area contributed by atoms with Gasteiger partial charge in [0.2, 0.25) is 0 Å². The number of nitrogens with zero attached hydrogens (tertiary/aromatic N) is 4. The molecule has 2 aromatic heterocycles. The summed E-state index contributed by atoms with van der Waals surface area (Å²) in [6.07, 6.45) is 4.55. The molecule has 0 saturated carbocycles. The van der Waals surface area contributed by atoms with Crippen LogP contribution in [-0.2, 0) is 12.8 Å². The molecule has 150 valence electrons. The summed E-state index contributed by atoms with van der Waals surface area (Å²) >= 11 is 12.1. The first-order valence-corrected chi connectivity index (χ1v) is 9.60. The Labute approximate surface area is 191 Å². The minimum absolute atomic E-state index is 0. The van der Waals surface area contributed by atoms with E-state index in [9.17, 15) is 0 Å². The van der Waals surface area contributed by atoms with Crippen LogP contribution in [0.1, 0.15) is 17.8 Å². The maximum absolute atomic E-state index is 6.20. The summed E-state index contributed by atoms with van der Waals surface area (Å²) in [5.41, 5.74) is 1.96. The van der Waals surface area contributed by atoms with Gasteiger partial charge in [0.05, 0.1) is 0 Å². The standard InChI is InChI=1S/C19H22Cl2N6.HI/c1-22-19(23-10-4-5-14-7-8-15(20)13-16(14)21)24-11-9-18-26-25-17-6-2-3-12-27(17)18;/h2-3,6-8,12-13H,4-5,9-11H2,1H3,(H2,22,23,24);1H. The van der Waals surface area contributed by atoms with Crippen molar-refractivity contribution in [2.24, 2.45) is 4.99 Å². The molecule has 1 aromatic carbocycles. The Hall–Kier alpha value is -1.58. The SMILES string of the molecule is CN=C(NCCCc1ccc(Cl)cc1Cl)NCCc1nnc2ccccn12.I. The first kappa shape index (κ1) is 22.7. The molecule has 0 saturated heterocycles. The minimum Gasteiger partial charge on any atom is -0.356 e. The van der Waals surface area contributed by atoms with Gasteiger partial charge in [0.25, 0.3) is 0 Å². The third-order valence-corrected chi connectivity index (χ3v) is 4.77. The van der Waals surface area contributed by atoms with Gasteiger partial charge in [-0.25, -0.2) is 0 Å². The van der Waals surface area contributed by atoms with Gasteiger partial charge in [0.15, 0.2) is 11.6 Å². The van der Waals surface area contributed by atoms with Crippen molar-refractivity contribution in [3.63, 3.8) is 0 Å². The summed E-state index contributed by atoms with van der Waals surface area (Å²) in [7, 11) is 1.76. The van der Waals surface area contributed by atoms with Crippen LogP contribution in [0.25, 0.3) is 5.65 Å². The number of hydrogen-bond donors (Lipinski definition) is 2. The number of aliphatic imine (C=N–C) groups is 1. The maximum Gasteiger partial charge on any atom is 0.190 e. The largest absolute Gasteiger partial charge is 0.356 e. The lowest BCUT2D eigenvalue weighted by molar-refractivity contribution is 0.728. The van der Waals surface area contributed by atoms with E-state index in [-0.39, 0.29) is 24.0 Å². The predicted octanol–water partition coefficient (Wildman–Crippen LogP) is 3.99.